The monoisotopic (exact) mass is 282 g/mol. The van der Waals surface area contributed by atoms with Crippen LogP contribution in [-0.2, 0) is 9.59 Å². The SMILES string of the molecule is NCC1(CC(=O)NC(C(=O)O)c2cccs2)CCC1. The number of rotatable bonds is 6. The summed E-state index contributed by atoms with van der Waals surface area (Å²) in [5, 5.41) is 13.6. The zero-order valence-electron chi connectivity index (χ0n) is 10.6. The van der Waals surface area contributed by atoms with Crippen LogP contribution in [0.3, 0.4) is 0 Å². The van der Waals surface area contributed by atoms with Crippen LogP contribution < -0.4 is 11.1 Å². The molecule has 0 aliphatic heterocycles. The highest BCUT2D eigenvalue weighted by Gasteiger charge is 2.38. The van der Waals surface area contributed by atoms with Crippen LogP contribution in [0.1, 0.15) is 36.6 Å². The molecule has 1 amide bonds. The third-order valence-electron chi connectivity index (χ3n) is 3.76. The predicted molar refractivity (Wildman–Crippen MR) is 72.8 cm³/mol. The van der Waals surface area contributed by atoms with Gasteiger partial charge < -0.3 is 16.2 Å². The normalized spacial score (nSPS) is 18.4. The van der Waals surface area contributed by atoms with Gasteiger partial charge >= 0.3 is 5.97 Å². The van der Waals surface area contributed by atoms with Gasteiger partial charge in [0.2, 0.25) is 5.91 Å². The molecule has 1 aromatic rings. The zero-order chi connectivity index (χ0) is 13.9. The quantitative estimate of drug-likeness (QED) is 0.737. The summed E-state index contributed by atoms with van der Waals surface area (Å²) < 4.78 is 0. The van der Waals surface area contributed by atoms with Crippen LogP contribution >= 0.6 is 11.3 Å². The summed E-state index contributed by atoms with van der Waals surface area (Å²) in [4.78, 5) is 23.8. The Bertz CT molecular complexity index is 449. The first kappa shape index (κ1) is 14.0. The lowest BCUT2D eigenvalue weighted by molar-refractivity contribution is -0.142. The molecule has 1 aromatic heterocycles. The molecule has 104 valence electrons. The third kappa shape index (κ3) is 3.13. The maximum atomic E-state index is 12.0. The maximum Gasteiger partial charge on any atom is 0.331 e. The molecule has 2 rings (SSSR count). The van der Waals surface area contributed by atoms with E-state index in [2.05, 4.69) is 5.32 Å². The molecular weight excluding hydrogens is 264 g/mol. The minimum Gasteiger partial charge on any atom is -0.479 e. The van der Waals surface area contributed by atoms with Crippen molar-refractivity contribution < 1.29 is 14.7 Å². The number of amides is 1. The van der Waals surface area contributed by atoms with E-state index in [4.69, 9.17) is 5.73 Å². The van der Waals surface area contributed by atoms with E-state index >= 15 is 0 Å². The molecule has 19 heavy (non-hydrogen) atoms. The molecule has 1 heterocycles. The lowest BCUT2D eigenvalue weighted by Crippen LogP contribution is -2.43. The van der Waals surface area contributed by atoms with E-state index in [-0.39, 0.29) is 11.3 Å². The van der Waals surface area contributed by atoms with Gasteiger partial charge in [-0.15, -0.1) is 11.3 Å². The van der Waals surface area contributed by atoms with Gasteiger partial charge in [-0.25, -0.2) is 4.79 Å². The molecule has 1 fully saturated rings. The van der Waals surface area contributed by atoms with E-state index in [0.29, 0.717) is 17.8 Å². The van der Waals surface area contributed by atoms with Crippen molar-refractivity contribution in [3.05, 3.63) is 22.4 Å². The minimum absolute atomic E-state index is 0.109. The molecule has 1 aliphatic carbocycles. The standard InChI is InChI=1S/C13H18N2O3S/c14-8-13(4-2-5-13)7-10(16)15-11(12(17)18)9-3-1-6-19-9/h1,3,6,11H,2,4-5,7-8,14H2,(H,15,16)(H,17,18). The van der Waals surface area contributed by atoms with Crippen molar-refractivity contribution in [1.29, 1.82) is 0 Å². The lowest BCUT2D eigenvalue weighted by Gasteiger charge is -2.40. The van der Waals surface area contributed by atoms with Gasteiger partial charge in [-0.05, 0) is 36.2 Å². The fourth-order valence-electron chi connectivity index (χ4n) is 2.39. The van der Waals surface area contributed by atoms with Crippen molar-refractivity contribution in [2.45, 2.75) is 31.7 Å². The summed E-state index contributed by atoms with van der Waals surface area (Å²) in [5.41, 5.74) is 5.60. The molecule has 0 saturated heterocycles. The second kappa shape index (κ2) is 5.71. The van der Waals surface area contributed by atoms with E-state index in [1.165, 1.54) is 11.3 Å². The summed E-state index contributed by atoms with van der Waals surface area (Å²) in [6.45, 7) is 0.483. The maximum absolute atomic E-state index is 12.0. The summed E-state index contributed by atoms with van der Waals surface area (Å²) in [6, 6.07) is 2.53. The van der Waals surface area contributed by atoms with Gasteiger partial charge in [0.15, 0.2) is 6.04 Å². The Labute approximate surface area is 115 Å². The number of nitrogens with two attached hydrogens (primary N) is 1. The first-order chi connectivity index (χ1) is 9.06. The number of carbonyl (C=O) groups excluding carboxylic acids is 1. The molecule has 1 saturated carbocycles. The van der Waals surface area contributed by atoms with Crippen LogP contribution in [0.5, 0.6) is 0 Å². The molecule has 0 bridgehead atoms. The van der Waals surface area contributed by atoms with Crippen LogP contribution in [0.4, 0.5) is 0 Å². The van der Waals surface area contributed by atoms with E-state index in [9.17, 15) is 14.7 Å². The minimum atomic E-state index is -1.04. The molecule has 1 unspecified atom stereocenters. The number of carboxylic acid groups (broad SMARTS) is 1. The van der Waals surface area contributed by atoms with Crippen LogP contribution in [0.15, 0.2) is 17.5 Å². The Hall–Kier alpha value is -1.40. The molecule has 6 heteroatoms. The van der Waals surface area contributed by atoms with Crippen LogP contribution in [0.25, 0.3) is 0 Å². The number of hydrogen-bond acceptors (Lipinski definition) is 4. The van der Waals surface area contributed by atoms with E-state index in [1.54, 1.807) is 17.5 Å². The Morgan fingerprint density at radius 1 is 1.53 bits per heavy atom. The fraction of sp³-hybridized carbons (Fsp3) is 0.538. The summed E-state index contributed by atoms with van der Waals surface area (Å²) in [6.07, 6.45) is 3.32. The molecule has 1 aliphatic rings. The number of nitrogens with one attached hydrogen (secondary N) is 1. The van der Waals surface area contributed by atoms with E-state index in [0.717, 1.165) is 19.3 Å². The Morgan fingerprint density at radius 3 is 2.68 bits per heavy atom. The van der Waals surface area contributed by atoms with Crippen LogP contribution in [0.2, 0.25) is 0 Å². The Balaban J connectivity index is 1.98. The summed E-state index contributed by atoms with van der Waals surface area (Å²) in [7, 11) is 0. The van der Waals surface area contributed by atoms with Crippen molar-refractivity contribution in [3.8, 4) is 0 Å². The topological polar surface area (TPSA) is 92.4 Å². The number of thiophene rings is 1. The van der Waals surface area contributed by atoms with E-state index in [1.807, 2.05) is 0 Å². The average Bonchev–Trinajstić information content (AvgIpc) is 2.84. The molecule has 0 radical (unpaired) electrons. The largest absolute Gasteiger partial charge is 0.479 e. The number of carbonyl (C=O) groups is 2. The molecule has 1 atom stereocenters. The van der Waals surface area contributed by atoms with E-state index < -0.39 is 12.0 Å². The van der Waals surface area contributed by atoms with Gasteiger partial charge in [-0.2, -0.15) is 0 Å². The first-order valence-electron chi connectivity index (χ1n) is 6.32. The van der Waals surface area contributed by atoms with Gasteiger partial charge in [0, 0.05) is 11.3 Å². The summed E-state index contributed by atoms with van der Waals surface area (Å²) >= 11 is 1.32. The van der Waals surface area contributed by atoms with Crippen molar-refractivity contribution in [2.75, 3.05) is 6.54 Å². The van der Waals surface area contributed by atoms with Crippen LogP contribution in [-0.4, -0.2) is 23.5 Å². The highest BCUT2D eigenvalue weighted by molar-refractivity contribution is 7.10. The second-order valence-electron chi connectivity index (χ2n) is 5.09. The van der Waals surface area contributed by atoms with Crippen molar-refractivity contribution in [1.82, 2.24) is 5.32 Å². The van der Waals surface area contributed by atoms with Gasteiger partial charge in [-0.3, -0.25) is 4.79 Å². The molecule has 5 nitrogen and oxygen atoms in total. The smallest absolute Gasteiger partial charge is 0.331 e. The molecule has 4 N–H and O–H groups in total. The molecule has 0 spiro atoms. The lowest BCUT2D eigenvalue weighted by atomic mass is 9.66. The van der Waals surface area contributed by atoms with Gasteiger partial charge in [0.05, 0.1) is 0 Å². The van der Waals surface area contributed by atoms with Gasteiger partial charge in [-0.1, -0.05) is 12.5 Å². The van der Waals surface area contributed by atoms with Crippen LogP contribution in [0, 0.1) is 5.41 Å². The molecule has 0 aromatic carbocycles. The second-order valence-corrected chi connectivity index (χ2v) is 6.07. The highest BCUT2D eigenvalue weighted by atomic mass is 32.1. The number of carboxylic acids is 1. The first-order valence-corrected chi connectivity index (χ1v) is 7.20. The zero-order valence-corrected chi connectivity index (χ0v) is 11.4. The fourth-order valence-corrected chi connectivity index (χ4v) is 3.16. The summed E-state index contributed by atoms with van der Waals surface area (Å²) in [5.74, 6) is -1.27. The predicted octanol–water partition coefficient (Wildman–Crippen LogP) is 1.51. The Kier molecular flexibility index (Phi) is 4.21. The van der Waals surface area contributed by atoms with Crippen molar-refractivity contribution in [2.24, 2.45) is 11.1 Å². The number of hydrogen-bond donors (Lipinski definition) is 3. The Morgan fingerprint density at radius 2 is 2.26 bits per heavy atom. The number of aliphatic carboxylic acids is 1. The third-order valence-corrected chi connectivity index (χ3v) is 4.70. The average molecular weight is 282 g/mol. The van der Waals surface area contributed by atoms with Crippen molar-refractivity contribution >= 4 is 23.2 Å². The highest BCUT2D eigenvalue weighted by Crippen LogP contribution is 2.42. The van der Waals surface area contributed by atoms with Crippen molar-refractivity contribution in [3.63, 3.8) is 0 Å². The van der Waals surface area contributed by atoms with Gasteiger partial charge in [0.1, 0.15) is 0 Å². The molecular formula is C13H18N2O3S. The van der Waals surface area contributed by atoms with Gasteiger partial charge in [0.25, 0.3) is 0 Å².